The van der Waals surface area contributed by atoms with Gasteiger partial charge in [0.15, 0.2) is 0 Å². The lowest BCUT2D eigenvalue weighted by Gasteiger charge is -2.26. The zero-order valence-electron chi connectivity index (χ0n) is 23.1. The number of rotatable bonds is 10. The van der Waals surface area contributed by atoms with Crippen molar-refractivity contribution in [2.24, 2.45) is 0 Å². The summed E-state index contributed by atoms with van der Waals surface area (Å²) in [4.78, 5) is 24.0. The van der Waals surface area contributed by atoms with Crippen LogP contribution in [-0.2, 0) is 38.6 Å². The molecule has 2 N–H and O–H groups in total. The van der Waals surface area contributed by atoms with E-state index in [0.29, 0.717) is 28.1 Å². The second-order valence-corrected chi connectivity index (χ2v) is 11.9. The summed E-state index contributed by atoms with van der Waals surface area (Å²) < 4.78 is 74.0. The summed E-state index contributed by atoms with van der Waals surface area (Å²) >= 11 is 0. The molecule has 0 saturated carbocycles. The maximum absolute atomic E-state index is 13.9. The highest BCUT2D eigenvalue weighted by molar-refractivity contribution is 7.93. The number of alkyl halides is 3. The van der Waals surface area contributed by atoms with Gasteiger partial charge in [-0.3, -0.25) is 13.9 Å². The minimum absolute atomic E-state index is 0.0854. The number of nitrogens with one attached hydrogen (secondary N) is 1. The second kappa shape index (κ2) is 12.4. The zero-order chi connectivity index (χ0) is 31.5. The highest BCUT2D eigenvalue weighted by atomic mass is 32.2. The average Bonchev–Trinajstić information content (AvgIpc) is 3.40. The fraction of sp³-hybridized carbons (Fsp3) is 0.188. The van der Waals surface area contributed by atoms with Crippen LogP contribution in [-0.4, -0.2) is 44.6 Å². The third-order valence-electron chi connectivity index (χ3n) is 7.11. The Morgan fingerprint density at radius 1 is 0.909 bits per heavy atom. The molecule has 1 heterocycles. The molecule has 228 valence electrons. The molecular weight excluding hydrogens is 597 g/mol. The molecule has 44 heavy (non-hydrogen) atoms. The molecule has 0 radical (unpaired) electrons. The highest BCUT2D eigenvalue weighted by Crippen LogP contribution is 2.38. The van der Waals surface area contributed by atoms with Crippen LogP contribution in [0.2, 0.25) is 0 Å². The maximum Gasteiger partial charge on any atom is 0.416 e. The first-order chi connectivity index (χ1) is 20.9. The standard InChI is InChI=1S/C32H27F3N2O6S/c33-32(34,35)25-6-3-5-23(19-25)22-10-14-27(15-11-22)44(41,42)37-28-7-2-1-4-24(28)20-29(37)31(40)36-16-17-43-26-12-8-21(9-13-26)18-30(38)39/h1-15,19,29H,16-18,20H2,(H,36,40)(H,38,39)/t29-/m0/s1. The number of carboxylic acids is 1. The minimum atomic E-state index is -4.51. The van der Waals surface area contributed by atoms with Crippen LogP contribution in [0.4, 0.5) is 18.9 Å². The predicted molar refractivity (Wildman–Crippen MR) is 157 cm³/mol. The Morgan fingerprint density at radius 3 is 2.30 bits per heavy atom. The third kappa shape index (κ3) is 6.70. The molecule has 1 amide bonds. The molecule has 0 bridgehead atoms. The van der Waals surface area contributed by atoms with Gasteiger partial charge in [0.25, 0.3) is 10.0 Å². The number of ether oxygens (including phenoxy) is 1. The Kier molecular flexibility index (Phi) is 8.63. The van der Waals surface area contributed by atoms with Crippen LogP contribution in [0.15, 0.2) is 102 Å². The number of carbonyl (C=O) groups is 2. The van der Waals surface area contributed by atoms with Gasteiger partial charge in [0, 0.05) is 6.42 Å². The number of hydrogen-bond donors (Lipinski definition) is 2. The Balaban J connectivity index is 1.30. The molecule has 0 spiro atoms. The summed E-state index contributed by atoms with van der Waals surface area (Å²) in [5.41, 5.74) is 1.54. The number of carbonyl (C=O) groups excluding carboxylic acids is 1. The van der Waals surface area contributed by atoms with Crippen molar-refractivity contribution in [1.82, 2.24) is 5.32 Å². The van der Waals surface area contributed by atoms with E-state index >= 15 is 0 Å². The van der Waals surface area contributed by atoms with Crippen molar-refractivity contribution in [2.45, 2.75) is 30.0 Å². The zero-order valence-corrected chi connectivity index (χ0v) is 23.9. The molecule has 0 fully saturated rings. The molecule has 4 aromatic rings. The van der Waals surface area contributed by atoms with Crippen LogP contribution in [0.3, 0.4) is 0 Å². The van der Waals surface area contributed by atoms with E-state index < -0.39 is 39.7 Å². The summed E-state index contributed by atoms with van der Waals surface area (Å²) in [6.07, 6.45) is -4.48. The molecule has 1 aliphatic rings. The third-order valence-corrected chi connectivity index (χ3v) is 8.95. The van der Waals surface area contributed by atoms with E-state index in [4.69, 9.17) is 9.84 Å². The van der Waals surface area contributed by atoms with Crippen LogP contribution in [0.5, 0.6) is 5.75 Å². The van der Waals surface area contributed by atoms with E-state index in [1.165, 1.54) is 36.4 Å². The fourth-order valence-corrected chi connectivity index (χ4v) is 6.65. The van der Waals surface area contributed by atoms with E-state index in [1.807, 2.05) is 0 Å². The lowest BCUT2D eigenvalue weighted by atomic mass is 10.0. The number of halogens is 3. The number of aliphatic carboxylic acids is 1. The average molecular weight is 625 g/mol. The van der Waals surface area contributed by atoms with Crippen molar-refractivity contribution >= 4 is 27.6 Å². The molecule has 0 unspecified atom stereocenters. The fourth-order valence-electron chi connectivity index (χ4n) is 5.00. The molecule has 1 atom stereocenters. The molecule has 0 aliphatic carbocycles. The number of nitrogens with zero attached hydrogens (tertiary/aromatic N) is 1. The van der Waals surface area contributed by atoms with Gasteiger partial charge in [-0.1, -0.05) is 54.6 Å². The van der Waals surface area contributed by atoms with Crippen molar-refractivity contribution in [3.05, 3.63) is 114 Å². The summed E-state index contributed by atoms with van der Waals surface area (Å²) in [6.45, 7) is 0.176. The molecule has 0 saturated heterocycles. The van der Waals surface area contributed by atoms with Gasteiger partial charge in [0.1, 0.15) is 18.4 Å². The van der Waals surface area contributed by atoms with Crippen molar-refractivity contribution in [2.75, 3.05) is 17.5 Å². The van der Waals surface area contributed by atoms with Gasteiger partial charge in [0.2, 0.25) is 5.91 Å². The van der Waals surface area contributed by atoms with E-state index in [-0.39, 0.29) is 36.5 Å². The number of para-hydroxylation sites is 1. The number of amides is 1. The SMILES string of the molecule is O=C(O)Cc1ccc(OCCNC(=O)[C@@H]2Cc3ccccc3N2S(=O)(=O)c2ccc(-c3cccc(C(F)(F)F)c3)cc2)cc1. The summed E-state index contributed by atoms with van der Waals surface area (Å²) in [5.74, 6) is -0.983. The first-order valence-electron chi connectivity index (χ1n) is 13.5. The van der Waals surface area contributed by atoms with Gasteiger partial charge in [-0.2, -0.15) is 13.2 Å². The van der Waals surface area contributed by atoms with Crippen LogP contribution >= 0.6 is 0 Å². The maximum atomic E-state index is 13.9. The van der Waals surface area contributed by atoms with E-state index in [0.717, 1.165) is 16.4 Å². The number of sulfonamides is 1. The van der Waals surface area contributed by atoms with Crippen LogP contribution in [0.25, 0.3) is 11.1 Å². The molecule has 5 rings (SSSR count). The van der Waals surface area contributed by atoms with Gasteiger partial charge in [-0.25, -0.2) is 8.42 Å². The first-order valence-corrected chi connectivity index (χ1v) is 15.0. The van der Waals surface area contributed by atoms with Gasteiger partial charge in [0.05, 0.1) is 29.1 Å². The Bertz CT molecular complexity index is 1780. The highest BCUT2D eigenvalue weighted by Gasteiger charge is 2.42. The first kappa shape index (κ1) is 30.6. The number of benzene rings is 4. The van der Waals surface area contributed by atoms with Crippen LogP contribution in [0.1, 0.15) is 16.7 Å². The van der Waals surface area contributed by atoms with Crippen LogP contribution < -0.4 is 14.4 Å². The smallest absolute Gasteiger partial charge is 0.416 e. The number of fused-ring (bicyclic) bond motifs is 1. The minimum Gasteiger partial charge on any atom is -0.492 e. The Morgan fingerprint density at radius 2 is 1.61 bits per heavy atom. The number of anilines is 1. The van der Waals surface area contributed by atoms with Crippen molar-refractivity contribution in [1.29, 1.82) is 0 Å². The molecule has 4 aromatic carbocycles. The van der Waals surface area contributed by atoms with E-state index in [1.54, 1.807) is 48.5 Å². The van der Waals surface area contributed by atoms with E-state index in [2.05, 4.69) is 5.32 Å². The van der Waals surface area contributed by atoms with Gasteiger partial charge in [-0.15, -0.1) is 0 Å². The number of hydrogen-bond acceptors (Lipinski definition) is 5. The Hall–Kier alpha value is -4.84. The van der Waals surface area contributed by atoms with Crippen molar-refractivity contribution in [3.8, 4) is 16.9 Å². The van der Waals surface area contributed by atoms with Crippen molar-refractivity contribution in [3.63, 3.8) is 0 Å². The Labute approximate surface area is 251 Å². The van der Waals surface area contributed by atoms with Gasteiger partial charge < -0.3 is 15.2 Å². The lowest BCUT2D eigenvalue weighted by molar-refractivity contribution is -0.138. The predicted octanol–water partition coefficient (Wildman–Crippen LogP) is 5.31. The lowest BCUT2D eigenvalue weighted by Crippen LogP contribution is -2.48. The monoisotopic (exact) mass is 624 g/mol. The largest absolute Gasteiger partial charge is 0.492 e. The molecular formula is C32H27F3N2O6S. The quantitative estimate of drug-likeness (QED) is 0.231. The van der Waals surface area contributed by atoms with E-state index in [9.17, 15) is 31.2 Å². The topological polar surface area (TPSA) is 113 Å². The van der Waals surface area contributed by atoms with Gasteiger partial charge >= 0.3 is 12.1 Å². The molecule has 8 nitrogen and oxygen atoms in total. The second-order valence-electron chi connectivity index (χ2n) is 10.1. The summed E-state index contributed by atoms with van der Waals surface area (Å²) in [5, 5.41) is 11.6. The van der Waals surface area contributed by atoms with Gasteiger partial charge in [-0.05, 0) is 64.7 Å². The summed E-state index contributed by atoms with van der Waals surface area (Å²) in [7, 11) is -4.24. The normalized spacial score (nSPS) is 14.6. The van der Waals surface area contributed by atoms with Crippen molar-refractivity contribution < 1.29 is 41.0 Å². The molecule has 1 aliphatic heterocycles. The molecule has 12 heteroatoms. The van der Waals surface area contributed by atoms with Crippen LogP contribution in [0, 0.1) is 0 Å². The number of carboxylic acid groups (broad SMARTS) is 1. The molecule has 0 aromatic heterocycles. The summed E-state index contributed by atoms with van der Waals surface area (Å²) in [6, 6.07) is 22.5.